The van der Waals surface area contributed by atoms with E-state index in [1.807, 2.05) is 0 Å². The number of sulfone groups is 1. The topological polar surface area (TPSA) is 115 Å². The van der Waals surface area contributed by atoms with Crippen molar-refractivity contribution in [2.75, 3.05) is 6.26 Å². The molecule has 8 nitrogen and oxygen atoms in total. The molecular weight excluding hydrogens is 346 g/mol. The van der Waals surface area contributed by atoms with Gasteiger partial charge in [-0.3, -0.25) is 14.3 Å². The van der Waals surface area contributed by atoms with Gasteiger partial charge in [0.25, 0.3) is 5.56 Å². The van der Waals surface area contributed by atoms with Gasteiger partial charge in [0.05, 0.1) is 4.90 Å². The van der Waals surface area contributed by atoms with Crippen molar-refractivity contribution in [3.05, 3.63) is 57.7 Å². The lowest BCUT2D eigenvalue weighted by atomic mass is 9.95. The molecule has 2 aromatic heterocycles. The number of rotatable bonds is 4. The van der Waals surface area contributed by atoms with Crippen molar-refractivity contribution in [2.45, 2.75) is 11.8 Å². The summed E-state index contributed by atoms with van der Waals surface area (Å²) in [5.41, 5.74) is 0.736. The number of hydrogen-bond acceptors (Lipinski definition) is 6. The fourth-order valence-corrected chi connectivity index (χ4v) is 3.62. The van der Waals surface area contributed by atoms with Crippen LogP contribution in [0.5, 0.6) is 0 Å². The van der Waals surface area contributed by atoms with Crippen LogP contribution in [0.3, 0.4) is 0 Å². The lowest BCUT2D eigenvalue weighted by Gasteiger charge is -2.12. The van der Waals surface area contributed by atoms with Gasteiger partial charge in [0.1, 0.15) is 17.5 Å². The van der Waals surface area contributed by atoms with Crippen LogP contribution in [0.1, 0.15) is 21.5 Å². The summed E-state index contributed by atoms with van der Waals surface area (Å²) in [6.07, 6.45) is 3.72. The molecule has 0 atom stereocenters. The van der Waals surface area contributed by atoms with Gasteiger partial charge in [-0.1, -0.05) is 5.16 Å². The second kappa shape index (κ2) is 5.85. The first kappa shape index (κ1) is 16.9. The van der Waals surface area contributed by atoms with E-state index in [2.05, 4.69) is 10.3 Å². The highest BCUT2D eigenvalue weighted by Gasteiger charge is 2.25. The Balaban J connectivity index is 2.28. The highest BCUT2D eigenvalue weighted by atomic mass is 32.2. The molecule has 0 amide bonds. The molecule has 3 aromatic rings. The number of aryl methyl sites for hydroxylation is 1. The Morgan fingerprint density at radius 1 is 1.24 bits per heavy atom. The molecule has 25 heavy (non-hydrogen) atoms. The Kier molecular flexibility index (Phi) is 3.96. The van der Waals surface area contributed by atoms with Crippen LogP contribution >= 0.6 is 0 Å². The number of carbonyl (C=O) groups excluding carboxylic acids is 1. The predicted molar refractivity (Wildman–Crippen MR) is 89.3 cm³/mol. The predicted octanol–water partition coefficient (Wildman–Crippen LogP) is 1.31. The van der Waals surface area contributed by atoms with E-state index in [9.17, 15) is 18.0 Å². The smallest absolute Gasteiger partial charge is 0.277 e. The summed E-state index contributed by atoms with van der Waals surface area (Å²) in [5, 5.41) is 6.44. The molecule has 130 valence electrons. The zero-order valence-electron chi connectivity index (χ0n) is 13.7. The standard InChI is InChI=1S/C16H15N3O5S/c1-9-10(15(20)11-8-17-19(2)16(11)21)4-5-13(25(3,22)23)14(9)12-6-7-24-18-12/h4-8,17H,1-3H3. The van der Waals surface area contributed by atoms with Crippen molar-refractivity contribution in [3.63, 3.8) is 0 Å². The molecule has 9 heteroatoms. The number of H-pyrrole nitrogens is 1. The largest absolute Gasteiger partial charge is 0.364 e. The number of nitrogens with one attached hydrogen (secondary N) is 1. The van der Waals surface area contributed by atoms with Crippen LogP contribution in [0.25, 0.3) is 11.3 Å². The number of benzene rings is 1. The van der Waals surface area contributed by atoms with Crippen molar-refractivity contribution in [2.24, 2.45) is 7.05 Å². The molecule has 0 aliphatic rings. The zero-order chi connectivity index (χ0) is 18.4. The fourth-order valence-electron chi connectivity index (χ4n) is 2.67. The average Bonchev–Trinajstić information content (AvgIpc) is 3.17. The average molecular weight is 361 g/mol. The molecule has 0 aliphatic heterocycles. The number of aromatic amines is 1. The molecule has 0 saturated carbocycles. The normalized spacial score (nSPS) is 11.6. The van der Waals surface area contributed by atoms with Crippen LogP contribution in [0.4, 0.5) is 0 Å². The van der Waals surface area contributed by atoms with Gasteiger partial charge in [0, 0.05) is 36.7 Å². The quantitative estimate of drug-likeness (QED) is 0.701. The molecule has 2 heterocycles. The summed E-state index contributed by atoms with van der Waals surface area (Å²) in [6, 6.07) is 4.27. The first-order valence-corrected chi connectivity index (χ1v) is 9.14. The van der Waals surface area contributed by atoms with Gasteiger partial charge < -0.3 is 9.62 Å². The third-order valence-electron chi connectivity index (χ3n) is 3.95. The lowest BCUT2D eigenvalue weighted by molar-refractivity contribution is 0.103. The van der Waals surface area contributed by atoms with Gasteiger partial charge in [-0.15, -0.1) is 0 Å². The van der Waals surface area contributed by atoms with E-state index < -0.39 is 21.2 Å². The van der Waals surface area contributed by atoms with Gasteiger partial charge in [-0.2, -0.15) is 0 Å². The van der Waals surface area contributed by atoms with Gasteiger partial charge in [-0.25, -0.2) is 8.42 Å². The fraction of sp³-hybridized carbons (Fsp3) is 0.188. The van der Waals surface area contributed by atoms with Crippen molar-refractivity contribution in [1.82, 2.24) is 14.9 Å². The van der Waals surface area contributed by atoms with Gasteiger partial charge in [0.15, 0.2) is 15.6 Å². The Labute approximate surface area is 143 Å². The summed E-state index contributed by atoms with van der Waals surface area (Å²) in [4.78, 5) is 24.8. The molecule has 0 aliphatic carbocycles. The van der Waals surface area contributed by atoms with E-state index in [0.29, 0.717) is 11.3 Å². The maximum Gasteiger partial charge on any atom is 0.277 e. The highest BCUT2D eigenvalue weighted by Crippen LogP contribution is 2.32. The molecule has 0 bridgehead atoms. The van der Waals surface area contributed by atoms with E-state index >= 15 is 0 Å². The van der Waals surface area contributed by atoms with Crippen LogP contribution < -0.4 is 5.56 Å². The van der Waals surface area contributed by atoms with Gasteiger partial charge in [-0.05, 0) is 24.6 Å². The highest BCUT2D eigenvalue weighted by molar-refractivity contribution is 7.90. The zero-order valence-corrected chi connectivity index (χ0v) is 14.5. The van der Waals surface area contributed by atoms with Crippen molar-refractivity contribution in [1.29, 1.82) is 0 Å². The second-order valence-corrected chi connectivity index (χ2v) is 7.63. The van der Waals surface area contributed by atoms with Crippen LogP contribution in [-0.2, 0) is 16.9 Å². The number of aromatic nitrogens is 3. The lowest BCUT2D eigenvalue weighted by Crippen LogP contribution is -2.20. The molecular formula is C16H15N3O5S. The van der Waals surface area contributed by atoms with Gasteiger partial charge >= 0.3 is 0 Å². The minimum absolute atomic E-state index is 0.0243. The number of ketones is 1. The maximum absolute atomic E-state index is 12.8. The molecule has 1 aromatic carbocycles. The van der Waals surface area contributed by atoms with E-state index in [4.69, 9.17) is 4.52 Å². The third-order valence-corrected chi connectivity index (χ3v) is 5.09. The monoisotopic (exact) mass is 361 g/mol. The summed E-state index contributed by atoms with van der Waals surface area (Å²) in [7, 11) is -2.06. The summed E-state index contributed by atoms with van der Waals surface area (Å²) in [5.74, 6) is -0.496. The second-order valence-electron chi connectivity index (χ2n) is 5.65. The van der Waals surface area contributed by atoms with Crippen LogP contribution in [0.2, 0.25) is 0 Å². The van der Waals surface area contributed by atoms with E-state index in [1.165, 1.54) is 42.4 Å². The van der Waals surface area contributed by atoms with Gasteiger partial charge in [0.2, 0.25) is 0 Å². The van der Waals surface area contributed by atoms with E-state index in [0.717, 1.165) is 6.26 Å². The minimum atomic E-state index is -3.56. The van der Waals surface area contributed by atoms with E-state index in [-0.39, 0.29) is 21.6 Å². The number of carbonyl (C=O) groups is 1. The maximum atomic E-state index is 12.8. The Bertz CT molecular complexity index is 1120. The molecule has 3 rings (SSSR count). The van der Waals surface area contributed by atoms with Crippen molar-refractivity contribution in [3.8, 4) is 11.3 Å². The molecule has 0 unspecified atom stereocenters. The minimum Gasteiger partial charge on any atom is -0.364 e. The van der Waals surface area contributed by atoms with Crippen LogP contribution in [0, 0.1) is 6.92 Å². The van der Waals surface area contributed by atoms with Crippen LogP contribution in [0.15, 0.2) is 44.9 Å². The SMILES string of the molecule is Cc1c(C(=O)c2c[nH]n(C)c2=O)ccc(S(C)(=O)=O)c1-c1ccon1. The Morgan fingerprint density at radius 2 is 1.96 bits per heavy atom. The third kappa shape index (κ3) is 2.82. The molecule has 0 spiro atoms. The Morgan fingerprint density at radius 3 is 2.48 bits per heavy atom. The molecule has 1 N–H and O–H groups in total. The van der Waals surface area contributed by atoms with Crippen molar-refractivity contribution >= 4 is 15.6 Å². The summed E-state index contributed by atoms with van der Waals surface area (Å²) < 4.78 is 30.2. The summed E-state index contributed by atoms with van der Waals surface area (Å²) in [6.45, 7) is 1.61. The van der Waals surface area contributed by atoms with E-state index in [1.54, 1.807) is 6.92 Å². The van der Waals surface area contributed by atoms with Crippen molar-refractivity contribution < 1.29 is 17.7 Å². The summed E-state index contributed by atoms with van der Waals surface area (Å²) >= 11 is 0. The Hall–Kier alpha value is -2.94. The number of hydrogen-bond donors (Lipinski definition) is 1. The molecule has 0 fully saturated rings. The number of nitrogens with zero attached hydrogens (tertiary/aromatic N) is 2. The molecule has 0 radical (unpaired) electrons. The first-order valence-electron chi connectivity index (χ1n) is 7.25. The van der Waals surface area contributed by atoms with Crippen LogP contribution in [-0.4, -0.2) is 35.4 Å². The first-order chi connectivity index (χ1) is 11.7. The molecule has 0 saturated heterocycles.